The molecule has 112 valence electrons. The molecule has 0 bridgehead atoms. The van der Waals surface area contributed by atoms with Gasteiger partial charge in [-0.2, -0.15) is 0 Å². The number of aromatic nitrogens is 1. The van der Waals surface area contributed by atoms with E-state index in [-0.39, 0.29) is 17.4 Å². The van der Waals surface area contributed by atoms with Gasteiger partial charge in [-0.05, 0) is 30.5 Å². The lowest BCUT2D eigenvalue weighted by Gasteiger charge is -2.15. The molecule has 1 fully saturated rings. The van der Waals surface area contributed by atoms with Crippen molar-refractivity contribution in [2.75, 3.05) is 29.1 Å². The Morgan fingerprint density at radius 2 is 2.24 bits per heavy atom. The maximum Gasteiger partial charge on any atom is 0.150 e. The molecular weight excluding hydrogens is 354 g/mol. The minimum Gasteiger partial charge on any atom is -0.396 e. The average molecular weight is 370 g/mol. The highest BCUT2D eigenvalue weighted by molar-refractivity contribution is 9.10. The predicted octanol–water partition coefficient (Wildman–Crippen LogP) is 2.43. The van der Waals surface area contributed by atoms with Crippen molar-refractivity contribution in [3.05, 3.63) is 28.9 Å². The second kappa shape index (κ2) is 5.46. The summed E-state index contributed by atoms with van der Waals surface area (Å²) in [4.78, 5) is 4.30. The van der Waals surface area contributed by atoms with Gasteiger partial charge in [0.1, 0.15) is 0 Å². The number of benzene rings is 1. The lowest BCUT2D eigenvalue weighted by atomic mass is 10.1. The van der Waals surface area contributed by atoms with Gasteiger partial charge in [0, 0.05) is 16.4 Å². The van der Waals surface area contributed by atoms with Crippen LogP contribution < -0.4 is 11.1 Å². The van der Waals surface area contributed by atoms with Crippen LogP contribution in [0.25, 0.3) is 10.9 Å². The van der Waals surface area contributed by atoms with Gasteiger partial charge in [-0.3, -0.25) is 4.98 Å². The SMILES string of the molecule is Nc1cnc2ccc(Br)cc2c1NCC1CCS(=O)(=O)C1. The molecule has 1 aromatic heterocycles. The molecule has 1 aliphatic rings. The van der Waals surface area contributed by atoms with E-state index in [0.717, 1.165) is 21.1 Å². The summed E-state index contributed by atoms with van der Waals surface area (Å²) < 4.78 is 24.0. The average Bonchev–Trinajstić information content (AvgIpc) is 2.77. The van der Waals surface area contributed by atoms with Gasteiger partial charge in [0.2, 0.25) is 0 Å². The summed E-state index contributed by atoms with van der Waals surface area (Å²) in [5.74, 6) is 0.689. The molecule has 2 heterocycles. The topological polar surface area (TPSA) is 85.1 Å². The third kappa shape index (κ3) is 3.13. The van der Waals surface area contributed by atoms with Crippen molar-refractivity contribution < 1.29 is 8.42 Å². The van der Waals surface area contributed by atoms with Crippen molar-refractivity contribution in [2.45, 2.75) is 6.42 Å². The highest BCUT2D eigenvalue weighted by Gasteiger charge is 2.27. The summed E-state index contributed by atoms with van der Waals surface area (Å²) in [6, 6.07) is 5.81. The lowest BCUT2D eigenvalue weighted by Crippen LogP contribution is -2.16. The molecule has 1 aromatic carbocycles. The number of hydrogen-bond donors (Lipinski definition) is 2. The van der Waals surface area contributed by atoms with E-state index in [2.05, 4.69) is 26.2 Å². The molecule has 1 aliphatic heterocycles. The molecule has 0 spiro atoms. The van der Waals surface area contributed by atoms with Crippen molar-refractivity contribution >= 4 is 48.0 Å². The van der Waals surface area contributed by atoms with Crippen LogP contribution in [0.15, 0.2) is 28.9 Å². The molecule has 21 heavy (non-hydrogen) atoms. The van der Waals surface area contributed by atoms with E-state index >= 15 is 0 Å². The van der Waals surface area contributed by atoms with Gasteiger partial charge in [0.15, 0.2) is 9.84 Å². The monoisotopic (exact) mass is 369 g/mol. The molecule has 7 heteroatoms. The molecule has 0 saturated carbocycles. The Morgan fingerprint density at radius 3 is 2.95 bits per heavy atom. The Bertz CT molecular complexity index is 787. The third-order valence-corrected chi connectivity index (χ3v) is 6.08. The number of nitrogens with one attached hydrogen (secondary N) is 1. The first-order chi connectivity index (χ1) is 9.94. The summed E-state index contributed by atoms with van der Waals surface area (Å²) >= 11 is 3.45. The number of nitrogens with zero attached hydrogens (tertiary/aromatic N) is 1. The van der Waals surface area contributed by atoms with Crippen LogP contribution in [0.2, 0.25) is 0 Å². The van der Waals surface area contributed by atoms with E-state index in [4.69, 9.17) is 5.73 Å². The zero-order valence-electron chi connectivity index (χ0n) is 11.3. The minimum absolute atomic E-state index is 0.143. The molecular formula is C14H16BrN3O2S. The van der Waals surface area contributed by atoms with Gasteiger partial charge >= 0.3 is 0 Å². The fraction of sp³-hybridized carbons (Fsp3) is 0.357. The predicted molar refractivity (Wildman–Crippen MR) is 89.1 cm³/mol. The number of hydrogen-bond acceptors (Lipinski definition) is 5. The molecule has 0 aliphatic carbocycles. The summed E-state index contributed by atoms with van der Waals surface area (Å²) in [7, 11) is -2.85. The van der Waals surface area contributed by atoms with Crippen molar-refractivity contribution in [2.24, 2.45) is 5.92 Å². The smallest absolute Gasteiger partial charge is 0.150 e. The Balaban J connectivity index is 1.86. The molecule has 1 atom stereocenters. The van der Waals surface area contributed by atoms with Crippen LogP contribution in [0, 0.1) is 5.92 Å². The minimum atomic E-state index is -2.85. The fourth-order valence-corrected chi connectivity index (χ4v) is 4.88. The lowest BCUT2D eigenvalue weighted by molar-refractivity contribution is 0.596. The maximum atomic E-state index is 11.5. The van der Waals surface area contributed by atoms with Crippen LogP contribution in [0.3, 0.4) is 0 Å². The highest BCUT2D eigenvalue weighted by atomic mass is 79.9. The number of anilines is 2. The van der Waals surface area contributed by atoms with Crippen molar-refractivity contribution in [1.29, 1.82) is 0 Å². The first kappa shape index (κ1) is 14.6. The van der Waals surface area contributed by atoms with Crippen LogP contribution in [-0.4, -0.2) is 31.5 Å². The van der Waals surface area contributed by atoms with Crippen molar-refractivity contribution in [1.82, 2.24) is 4.98 Å². The van der Waals surface area contributed by atoms with Crippen LogP contribution in [0.5, 0.6) is 0 Å². The van der Waals surface area contributed by atoms with Crippen LogP contribution in [-0.2, 0) is 9.84 Å². The molecule has 3 rings (SSSR count). The van der Waals surface area contributed by atoms with Gasteiger partial charge in [-0.25, -0.2) is 8.42 Å². The number of halogens is 1. The molecule has 0 radical (unpaired) electrons. The number of sulfone groups is 1. The summed E-state index contributed by atoms with van der Waals surface area (Å²) in [6.45, 7) is 0.606. The summed E-state index contributed by atoms with van der Waals surface area (Å²) in [6.07, 6.45) is 2.34. The standard InChI is InChI=1S/C14H16BrN3O2S/c15-10-1-2-13-11(5-10)14(12(16)7-17-13)18-6-9-3-4-21(19,20)8-9/h1-2,5,7,9H,3-4,6,8,16H2,(H,17,18). The zero-order valence-corrected chi connectivity index (χ0v) is 13.7. The molecule has 1 unspecified atom stereocenters. The van der Waals surface area contributed by atoms with E-state index in [1.807, 2.05) is 18.2 Å². The van der Waals surface area contributed by atoms with E-state index in [1.165, 1.54) is 0 Å². The number of nitrogen functional groups attached to an aromatic ring is 1. The second-order valence-corrected chi connectivity index (χ2v) is 8.54. The normalized spacial score (nSPS) is 20.7. The second-order valence-electron chi connectivity index (χ2n) is 5.40. The van der Waals surface area contributed by atoms with E-state index in [1.54, 1.807) is 6.20 Å². The maximum absolute atomic E-state index is 11.5. The third-order valence-electron chi connectivity index (χ3n) is 3.75. The van der Waals surface area contributed by atoms with E-state index < -0.39 is 9.84 Å². The largest absolute Gasteiger partial charge is 0.396 e. The van der Waals surface area contributed by atoms with Crippen LogP contribution >= 0.6 is 15.9 Å². The van der Waals surface area contributed by atoms with Gasteiger partial charge in [-0.1, -0.05) is 15.9 Å². The van der Waals surface area contributed by atoms with Crippen LogP contribution in [0.1, 0.15) is 6.42 Å². The van der Waals surface area contributed by atoms with Gasteiger partial charge in [0.05, 0.1) is 34.6 Å². The fourth-order valence-electron chi connectivity index (χ4n) is 2.66. The Hall–Kier alpha value is -1.34. The Labute approximate surface area is 132 Å². The van der Waals surface area contributed by atoms with Gasteiger partial charge in [0.25, 0.3) is 0 Å². The molecule has 1 saturated heterocycles. The molecule has 0 amide bonds. The number of rotatable bonds is 3. The number of nitrogens with two attached hydrogens (primary N) is 1. The summed E-state index contributed by atoms with van der Waals surface area (Å²) in [5, 5.41) is 4.25. The van der Waals surface area contributed by atoms with Crippen LogP contribution in [0.4, 0.5) is 11.4 Å². The quantitative estimate of drug-likeness (QED) is 0.867. The number of fused-ring (bicyclic) bond motifs is 1. The van der Waals surface area contributed by atoms with Crippen molar-refractivity contribution in [3.8, 4) is 0 Å². The van der Waals surface area contributed by atoms with Gasteiger partial charge < -0.3 is 11.1 Å². The zero-order chi connectivity index (χ0) is 15.0. The highest BCUT2D eigenvalue weighted by Crippen LogP contribution is 2.30. The Kier molecular flexibility index (Phi) is 3.79. The molecule has 5 nitrogen and oxygen atoms in total. The van der Waals surface area contributed by atoms with E-state index in [0.29, 0.717) is 18.7 Å². The van der Waals surface area contributed by atoms with E-state index in [9.17, 15) is 8.42 Å². The van der Waals surface area contributed by atoms with Crippen molar-refractivity contribution in [3.63, 3.8) is 0 Å². The first-order valence-electron chi connectivity index (χ1n) is 6.73. The first-order valence-corrected chi connectivity index (χ1v) is 9.34. The number of pyridine rings is 1. The summed E-state index contributed by atoms with van der Waals surface area (Å²) in [5.41, 5.74) is 8.27. The Morgan fingerprint density at radius 1 is 1.43 bits per heavy atom. The molecule has 3 N–H and O–H groups in total. The van der Waals surface area contributed by atoms with Gasteiger partial charge in [-0.15, -0.1) is 0 Å². The molecule has 2 aromatic rings.